The second kappa shape index (κ2) is 4.13. The van der Waals surface area contributed by atoms with Gasteiger partial charge in [0, 0.05) is 12.7 Å². The number of hydrogen-bond donors (Lipinski definition) is 1. The third-order valence-electron chi connectivity index (χ3n) is 2.33. The van der Waals surface area contributed by atoms with Crippen LogP contribution in [0.2, 0.25) is 0 Å². The van der Waals surface area contributed by atoms with Gasteiger partial charge in [-0.05, 0) is 49.1 Å². The van der Waals surface area contributed by atoms with Gasteiger partial charge in [-0.15, -0.1) is 6.58 Å². The highest BCUT2D eigenvalue weighted by atomic mass is 14.8. The second-order valence-electron chi connectivity index (χ2n) is 3.33. The van der Waals surface area contributed by atoms with Crippen LogP contribution < -0.4 is 5.32 Å². The minimum atomic E-state index is 0.960. The molecule has 0 aliphatic heterocycles. The molecule has 0 unspecified atom stereocenters. The molecule has 0 saturated carbocycles. The third-order valence-corrected chi connectivity index (χ3v) is 2.33. The summed E-state index contributed by atoms with van der Waals surface area (Å²) in [5.41, 5.74) is 5.25. The summed E-state index contributed by atoms with van der Waals surface area (Å²) in [5.74, 6) is 0. The number of allylic oxidation sites excluding steroid dienone is 1. The lowest BCUT2D eigenvalue weighted by Gasteiger charge is -2.10. The van der Waals surface area contributed by atoms with Crippen molar-refractivity contribution in [2.24, 2.45) is 0 Å². The van der Waals surface area contributed by atoms with Crippen LogP contribution in [0.15, 0.2) is 24.8 Å². The van der Waals surface area contributed by atoms with Gasteiger partial charge in [-0.1, -0.05) is 6.08 Å². The van der Waals surface area contributed by atoms with E-state index < -0.39 is 0 Å². The second-order valence-corrected chi connectivity index (χ2v) is 3.33. The largest absolute Gasteiger partial charge is 0.388 e. The molecule has 1 rings (SSSR count). The molecule has 0 saturated heterocycles. The molecule has 0 radical (unpaired) electrons. The Labute approximate surface area is 80.5 Å². The van der Waals surface area contributed by atoms with Gasteiger partial charge in [0.15, 0.2) is 0 Å². The first-order chi connectivity index (χ1) is 6.19. The first-order valence-electron chi connectivity index (χ1n) is 4.57. The summed E-state index contributed by atoms with van der Waals surface area (Å²) in [6.45, 7) is 8.06. The van der Waals surface area contributed by atoms with Crippen molar-refractivity contribution in [2.75, 3.05) is 12.4 Å². The van der Waals surface area contributed by atoms with Gasteiger partial charge < -0.3 is 5.32 Å². The molecule has 0 fully saturated rings. The molecular weight excluding hydrogens is 158 g/mol. The van der Waals surface area contributed by atoms with Crippen LogP contribution in [0, 0.1) is 13.8 Å². The van der Waals surface area contributed by atoms with E-state index >= 15 is 0 Å². The van der Waals surface area contributed by atoms with Crippen LogP contribution in [0.5, 0.6) is 0 Å². The highest BCUT2D eigenvalue weighted by Crippen LogP contribution is 2.20. The predicted molar refractivity (Wildman–Crippen MR) is 59.4 cm³/mol. The fraction of sp³-hybridized carbons (Fsp3) is 0.333. The first-order valence-corrected chi connectivity index (χ1v) is 4.57. The summed E-state index contributed by atoms with van der Waals surface area (Å²) in [6.07, 6.45) is 2.91. The van der Waals surface area contributed by atoms with E-state index in [9.17, 15) is 0 Å². The van der Waals surface area contributed by atoms with Crippen LogP contribution in [0.4, 0.5) is 5.69 Å². The normalized spacial score (nSPS) is 9.77. The van der Waals surface area contributed by atoms with E-state index in [0.29, 0.717) is 0 Å². The molecule has 1 heteroatoms. The number of hydrogen-bond acceptors (Lipinski definition) is 1. The lowest BCUT2D eigenvalue weighted by molar-refractivity contribution is 1.17. The summed E-state index contributed by atoms with van der Waals surface area (Å²) in [4.78, 5) is 0. The van der Waals surface area contributed by atoms with Gasteiger partial charge >= 0.3 is 0 Å². The Kier molecular flexibility index (Phi) is 3.13. The summed E-state index contributed by atoms with van der Waals surface area (Å²) in [5, 5.41) is 3.15. The van der Waals surface area contributed by atoms with Crippen molar-refractivity contribution in [3.63, 3.8) is 0 Å². The van der Waals surface area contributed by atoms with E-state index in [1.165, 1.54) is 22.4 Å². The summed E-state index contributed by atoms with van der Waals surface area (Å²) in [7, 11) is 1.95. The summed E-state index contributed by atoms with van der Waals surface area (Å²) < 4.78 is 0. The highest BCUT2D eigenvalue weighted by molar-refractivity contribution is 5.52. The zero-order valence-electron chi connectivity index (χ0n) is 8.65. The number of rotatable bonds is 3. The maximum absolute atomic E-state index is 3.77. The Morgan fingerprint density at radius 1 is 1.31 bits per heavy atom. The number of benzene rings is 1. The number of aryl methyl sites for hydroxylation is 2. The molecule has 0 spiro atoms. The third kappa shape index (κ3) is 2.11. The maximum Gasteiger partial charge on any atom is 0.0343 e. The lowest BCUT2D eigenvalue weighted by atomic mass is 9.99. The molecule has 0 atom stereocenters. The number of anilines is 1. The summed E-state index contributed by atoms with van der Waals surface area (Å²) >= 11 is 0. The predicted octanol–water partition coefficient (Wildman–Crippen LogP) is 3.07. The minimum absolute atomic E-state index is 0.960. The van der Waals surface area contributed by atoms with E-state index in [1.807, 2.05) is 13.1 Å². The molecule has 1 aromatic carbocycles. The molecule has 1 nitrogen and oxygen atoms in total. The standard InChI is InChI=1S/C12H17N/c1-5-6-12-9(2)7-11(13-4)8-10(12)3/h5,7-8,13H,1,6H2,2-4H3. The molecule has 0 bridgehead atoms. The molecular formula is C12H17N. The Morgan fingerprint density at radius 3 is 2.23 bits per heavy atom. The Bertz CT molecular complexity index is 290. The smallest absolute Gasteiger partial charge is 0.0343 e. The van der Waals surface area contributed by atoms with Crippen LogP contribution in [-0.2, 0) is 6.42 Å². The Morgan fingerprint density at radius 2 is 1.85 bits per heavy atom. The van der Waals surface area contributed by atoms with Crippen molar-refractivity contribution in [1.82, 2.24) is 0 Å². The monoisotopic (exact) mass is 175 g/mol. The van der Waals surface area contributed by atoms with Gasteiger partial charge in [-0.25, -0.2) is 0 Å². The average molecular weight is 175 g/mol. The first kappa shape index (κ1) is 9.85. The van der Waals surface area contributed by atoms with E-state index in [-0.39, 0.29) is 0 Å². The zero-order chi connectivity index (χ0) is 9.84. The molecule has 70 valence electrons. The van der Waals surface area contributed by atoms with Crippen molar-refractivity contribution < 1.29 is 0 Å². The maximum atomic E-state index is 3.77. The van der Waals surface area contributed by atoms with E-state index in [0.717, 1.165) is 6.42 Å². The van der Waals surface area contributed by atoms with Crippen LogP contribution in [-0.4, -0.2) is 7.05 Å². The van der Waals surface area contributed by atoms with Crippen LogP contribution >= 0.6 is 0 Å². The van der Waals surface area contributed by atoms with Crippen molar-refractivity contribution in [3.05, 3.63) is 41.5 Å². The van der Waals surface area contributed by atoms with E-state index in [4.69, 9.17) is 0 Å². The quantitative estimate of drug-likeness (QED) is 0.696. The van der Waals surface area contributed by atoms with Gasteiger partial charge in [0.25, 0.3) is 0 Å². The molecule has 0 aliphatic carbocycles. The zero-order valence-corrected chi connectivity index (χ0v) is 8.65. The number of nitrogens with one attached hydrogen (secondary N) is 1. The van der Waals surface area contributed by atoms with Crippen molar-refractivity contribution >= 4 is 5.69 Å². The Balaban J connectivity index is 3.14. The average Bonchev–Trinajstić information content (AvgIpc) is 2.11. The molecule has 0 aromatic heterocycles. The Hall–Kier alpha value is -1.24. The van der Waals surface area contributed by atoms with Crippen molar-refractivity contribution in [1.29, 1.82) is 0 Å². The molecule has 1 N–H and O–H groups in total. The molecule has 1 aromatic rings. The molecule has 0 aliphatic rings. The van der Waals surface area contributed by atoms with Crippen molar-refractivity contribution in [3.8, 4) is 0 Å². The molecule has 0 heterocycles. The highest BCUT2D eigenvalue weighted by Gasteiger charge is 2.02. The van der Waals surface area contributed by atoms with Crippen LogP contribution in [0.25, 0.3) is 0 Å². The fourth-order valence-electron chi connectivity index (χ4n) is 1.60. The van der Waals surface area contributed by atoms with Gasteiger partial charge in [0.05, 0.1) is 0 Å². The SMILES string of the molecule is C=CCc1c(C)cc(NC)cc1C. The van der Waals surface area contributed by atoms with Gasteiger partial charge in [-0.2, -0.15) is 0 Å². The van der Waals surface area contributed by atoms with Gasteiger partial charge in [0.2, 0.25) is 0 Å². The summed E-state index contributed by atoms with van der Waals surface area (Å²) in [6, 6.07) is 4.34. The van der Waals surface area contributed by atoms with E-state index in [2.05, 4.69) is 37.9 Å². The van der Waals surface area contributed by atoms with Gasteiger partial charge in [-0.3, -0.25) is 0 Å². The van der Waals surface area contributed by atoms with E-state index in [1.54, 1.807) is 0 Å². The minimum Gasteiger partial charge on any atom is -0.388 e. The lowest BCUT2D eigenvalue weighted by Crippen LogP contribution is -1.96. The van der Waals surface area contributed by atoms with Crippen LogP contribution in [0.1, 0.15) is 16.7 Å². The molecule has 13 heavy (non-hydrogen) atoms. The fourth-order valence-corrected chi connectivity index (χ4v) is 1.60. The molecule has 0 amide bonds. The van der Waals surface area contributed by atoms with Gasteiger partial charge in [0.1, 0.15) is 0 Å². The van der Waals surface area contributed by atoms with Crippen LogP contribution in [0.3, 0.4) is 0 Å². The van der Waals surface area contributed by atoms with Crippen molar-refractivity contribution in [2.45, 2.75) is 20.3 Å². The topological polar surface area (TPSA) is 12.0 Å².